The van der Waals surface area contributed by atoms with Crippen molar-refractivity contribution in [1.29, 1.82) is 0 Å². The van der Waals surface area contributed by atoms with Crippen LogP contribution in [-0.4, -0.2) is 39.2 Å². The van der Waals surface area contributed by atoms with Gasteiger partial charge in [0.2, 0.25) is 11.7 Å². The fourth-order valence-electron chi connectivity index (χ4n) is 4.07. The zero-order valence-electron chi connectivity index (χ0n) is 16.0. The average Bonchev–Trinajstić information content (AvgIpc) is 3.18. The first-order valence-electron chi connectivity index (χ1n) is 9.81. The summed E-state index contributed by atoms with van der Waals surface area (Å²) in [6.45, 7) is 2.27. The number of nitrogens with one attached hydrogen (secondary N) is 1. The van der Waals surface area contributed by atoms with Crippen molar-refractivity contribution in [1.82, 2.24) is 20.2 Å². The zero-order valence-corrected chi connectivity index (χ0v) is 16.8. The van der Waals surface area contributed by atoms with Crippen LogP contribution in [0.25, 0.3) is 0 Å². The van der Waals surface area contributed by atoms with Crippen LogP contribution in [0.1, 0.15) is 35.8 Å². The molecule has 1 aliphatic heterocycles. The number of halogens is 1. The van der Waals surface area contributed by atoms with E-state index < -0.39 is 0 Å². The normalized spacial score (nSPS) is 20.3. The summed E-state index contributed by atoms with van der Waals surface area (Å²) in [6.07, 6.45) is 1.55. The summed E-state index contributed by atoms with van der Waals surface area (Å²) in [4.78, 5) is 12.9. The van der Waals surface area contributed by atoms with Gasteiger partial charge in [-0.1, -0.05) is 54.1 Å². The van der Waals surface area contributed by atoms with Crippen molar-refractivity contribution in [2.24, 2.45) is 11.7 Å². The lowest BCUT2D eigenvalue weighted by molar-refractivity contribution is -0.931. The Morgan fingerprint density at radius 3 is 2.48 bits per heavy atom. The number of piperidine rings is 1. The van der Waals surface area contributed by atoms with Gasteiger partial charge in [-0.3, -0.25) is 4.79 Å². The fraction of sp³-hybridized carbons (Fsp3) is 0.333. The van der Waals surface area contributed by atoms with Crippen LogP contribution in [0.2, 0.25) is 5.02 Å². The van der Waals surface area contributed by atoms with Gasteiger partial charge in [-0.25, -0.2) is 4.68 Å². The van der Waals surface area contributed by atoms with E-state index in [0.29, 0.717) is 11.6 Å². The van der Waals surface area contributed by atoms with E-state index >= 15 is 0 Å². The number of hydrogen-bond acceptors (Lipinski definition) is 4. The molecule has 0 saturated carbocycles. The molecule has 1 fully saturated rings. The number of primary amides is 1. The van der Waals surface area contributed by atoms with E-state index in [1.54, 1.807) is 0 Å². The number of nitrogens with two attached hydrogens (primary N) is 1. The molecule has 1 aliphatic rings. The van der Waals surface area contributed by atoms with Crippen molar-refractivity contribution in [2.75, 3.05) is 13.1 Å². The van der Waals surface area contributed by atoms with Crippen LogP contribution in [0.4, 0.5) is 0 Å². The van der Waals surface area contributed by atoms with Crippen molar-refractivity contribution >= 4 is 17.5 Å². The molecule has 1 atom stereocenters. The van der Waals surface area contributed by atoms with Gasteiger partial charge in [0.05, 0.1) is 19.6 Å². The summed E-state index contributed by atoms with van der Waals surface area (Å²) in [5.74, 6) is 0.551. The molecule has 1 saturated heterocycles. The fourth-order valence-corrected chi connectivity index (χ4v) is 4.20. The third kappa shape index (κ3) is 4.46. The summed E-state index contributed by atoms with van der Waals surface area (Å²) >= 11 is 6.12. The third-order valence-corrected chi connectivity index (χ3v) is 5.89. The van der Waals surface area contributed by atoms with Crippen molar-refractivity contribution in [3.63, 3.8) is 0 Å². The number of carbonyl (C=O) groups excluding carboxylic acids is 1. The summed E-state index contributed by atoms with van der Waals surface area (Å²) < 4.78 is 1.86. The van der Waals surface area contributed by atoms with Crippen LogP contribution in [0.5, 0.6) is 0 Å². The molecular formula is C21H24ClN6O+. The Hall–Kier alpha value is -2.77. The predicted octanol–water partition coefficient (Wildman–Crippen LogP) is 1.24. The molecule has 0 spiro atoms. The molecule has 0 unspecified atom stereocenters. The third-order valence-electron chi connectivity index (χ3n) is 5.63. The van der Waals surface area contributed by atoms with Crippen LogP contribution in [0, 0.1) is 5.92 Å². The van der Waals surface area contributed by atoms with Gasteiger partial charge in [-0.15, -0.1) is 5.10 Å². The second-order valence-electron chi connectivity index (χ2n) is 7.50. The first-order valence-corrected chi connectivity index (χ1v) is 10.2. The van der Waals surface area contributed by atoms with E-state index in [0.717, 1.165) is 42.9 Å². The lowest BCUT2D eigenvalue weighted by Gasteiger charge is -2.33. The second kappa shape index (κ2) is 8.71. The molecule has 0 aliphatic carbocycles. The highest BCUT2D eigenvalue weighted by molar-refractivity contribution is 6.30. The maximum Gasteiger partial charge on any atom is 0.220 e. The smallest absolute Gasteiger partial charge is 0.220 e. The summed E-state index contributed by atoms with van der Waals surface area (Å²) in [7, 11) is 0. The first kappa shape index (κ1) is 19.5. The van der Waals surface area contributed by atoms with E-state index in [1.165, 1.54) is 4.90 Å². The van der Waals surface area contributed by atoms with Gasteiger partial charge < -0.3 is 10.6 Å². The van der Waals surface area contributed by atoms with Gasteiger partial charge in [0, 0.05) is 29.3 Å². The molecule has 29 heavy (non-hydrogen) atoms. The predicted molar refractivity (Wildman–Crippen MR) is 109 cm³/mol. The Labute approximate surface area is 174 Å². The Morgan fingerprint density at radius 1 is 1.14 bits per heavy atom. The molecule has 4 rings (SSSR count). The summed E-state index contributed by atoms with van der Waals surface area (Å²) in [5, 5.41) is 13.3. The molecule has 2 heterocycles. The zero-order chi connectivity index (χ0) is 20.2. The number of benzene rings is 2. The topological polar surface area (TPSA) is 91.1 Å². The highest BCUT2D eigenvalue weighted by atomic mass is 35.5. The molecule has 0 radical (unpaired) electrons. The van der Waals surface area contributed by atoms with Gasteiger partial charge in [0.1, 0.15) is 0 Å². The molecule has 3 N–H and O–H groups in total. The molecule has 7 nitrogen and oxygen atoms in total. The lowest BCUT2D eigenvalue weighted by Crippen LogP contribution is -3.13. The van der Waals surface area contributed by atoms with E-state index in [-0.39, 0.29) is 17.9 Å². The van der Waals surface area contributed by atoms with Gasteiger partial charge >= 0.3 is 0 Å². The molecule has 0 bridgehead atoms. The number of carbonyl (C=O) groups is 1. The van der Waals surface area contributed by atoms with Crippen molar-refractivity contribution in [3.8, 4) is 0 Å². The van der Waals surface area contributed by atoms with Crippen LogP contribution >= 0.6 is 11.6 Å². The van der Waals surface area contributed by atoms with Crippen LogP contribution in [0.15, 0.2) is 54.6 Å². The first-order chi connectivity index (χ1) is 14.1. The highest BCUT2D eigenvalue weighted by Gasteiger charge is 2.35. The largest absolute Gasteiger partial charge is 0.369 e. The minimum atomic E-state index is -0.207. The molecule has 8 heteroatoms. The summed E-state index contributed by atoms with van der Waals surface area (Å²) in [6, 6.07) is 17.9. The van der Waals surface area contributed by atoms with E-state index in [1.807, 2.05) is 47.1 Å². The van der Waals surface area contributed by atoms with Gasteiger partial charge in [0.15, 0.2) is 6.04 Å². The molecule has 2 aromatic carbocycles. The van der Waals surface area contributed by atoms with E-state index in [4.69, 9.17) is 17.3 Å². The SMILES string of the molecule is NC(=O)C1CC[NH+]([C@@H](c2ccc(Cl)cc2)c2nnnn2Cc2ccccc2)CC1. The summed E-state index contributed by atoms with van der Waals surface area (Å²) in [5.41, 5.74) is 7.76. The Bertz CT molecular complexity index is 951. The second-order valence-corrected chi connectivity index (χ2v) is 7.94. The monoisotopic (exact) mass is 411 g/mol. The number of rotatable bonds is 6. The van der Waals surface area contributed by atoms with Crippen LogP contribution in [-0.2, 0) is 11.3 Å². The van der Waals surface area contributed by atoms with Crippen molar-refractivity contribution < 1.29 is 9.69 Å². The highest BCUT2D eigenvalue weighted by Crippen LogP contribution is 2.22. The molecule has 3 aromatic rings. The Balaban J connectivity index is 1.66. The maximum atomic E-state index is 11.6. The number of nitrogens with zero attached hydrogens (tertiary/aromatic N) is 4. The molecular weight excluding hydrogens is 388 g/mol. The van der Waals surface area contributed by atoms with Gasteiger partial charge in [0.25, 0.3) is 0 Å². The van der Waals surface area contributed by atoms with Crippen molar-refractivity contribution in [2.45, 2.75) is 25.4 Å². The van der Waals surface area contributed by atoms with Gasteiger partial charge in [-0.05, 0) is 28.1 Å². The van der Waals surface area contributed by atoms with E-state index in [9.17, 15) is 4.79 Å². The van der Waals surface area contributed by atoms with Crippen LogP contribution < -0.4 is 10.6 Å². The molecule has 150 valence electrons. The Morgan fingerprint density at radius 2 is 1.83 bits per heavy atom. The standard InChI is InChI=1S/C21H23ClN6O/c22-18-8-6-16(7-9-18)19(27-12-10-17(11-13-27)20(23)29)21-24-25-26-28(21)14-15-4-2-1-3-5-15/h1-9,17,19H,10-14H2,(H2,23,29)/p+1/t19-/m0/s1. The Kier molecular flexibility index (Phi) is 5.87. The number of amides is 1. The number of aromatic nitrogens is 4. The lowest BCUT2D eigenvalue weighted by atomic mass is 9.93. The van der Waals surface area contributed by atoms with Gasteiger partial charge in [-0.2, -0.15) is 0 Å². The van der Waals surface area contributed by atoms with Crippen molar-refractivity contribution in [3.05, 3.63) is 76.6 Å². The minimum Gasteiger partial charge on any atom is -0.369 e. The number of likely N-dealkylation sites (tertiary alicyclic amines) is 1. The molecule has 1 aromatic heterocycles. The number of tetrazole rings is 1. The minimum absolute atomic E-state index is 0.0418. The number of hydrogen-bond donors (Lipinski definition) is 2. The average molecular weight is 412 g/mol. The number of quaternary nitrogens is 1. The van der Waals surface area contributed by atoms with E-state index in [2.05, 4.69) is 27.7 Å². The molecule has 1 amide bonds. The van der Waals surface area contributed by atoms with Crippen LogP contribution in [0.3, 0.4) is 0 Å². The quantitative estimate of drug-likeness (QED) is 0.638. The maximum absolute atomic E-state index is 11.6.